The molecule has 1 aliphatic heterocycles. The van der Waals surface area contributed by atoms with Crippen molar-refractivity contribution in [2.24, 2.45) is 0 Å². The number of aromatic hydroxyl groups is 2. The van der Waals surface area contributed by atoms with Crippen LogP contribution in [0, 0.1) is 0 Å². The topological polar surface area (TPSA) is 77.8 Å². The number of phenolic OH excluding ortho intramolecular Hbond substituents is 2. The Morgan fingerprint density at radius 1 is 0.955 bits per heavy atom. The van der Waals surface area contributed by atoms with Gasteiger partial charge in [-0.2, -0.15) is 0 Å². The Kier molecular flexibility index (Phi) is 3.60. The molecular weight excluding hydrogens is 302 g/mol. The van der Waals surface area contributed by atoms with E-state index in [1.54, 1.807) is 36.4 Å². The summed E-state index contributed by atoms with van der Waals surface area (Å²) in [6, 6.07) is 12.9. The number of anilines is 1. The Morgan fingerprint density at radius 3 is 2.36 bits per heavy atom. The number of hydrogen-bond donors (Lipinski definition) is 2. The maximum absolute atomic E-state index is 12.4. The Hall–Kier alpha value is -2.73. The van der Waals surface area contributed by atoms with Crippen molar-refractivity contribution in [1.29, 1.82) is 0 Å². The first-order valence-electron chi connectivity index (χ1n) is 6.41. The molecule has 2 aromatic carbocycles. The lowest BCUT2D eigenvalue weighted by atomic mass is 10.2. The van der Waals surface area contributed by atoms with Crippen LogP contribution in [0.15, 0.2) is 53.4 Å². The zero-order valence-electron chi connectivity index (χ0n) is 11.3. The smallest absolute Gasteiger partial charge is 0.298 e. The van der Waals surface area contributed by atoms with E-state index in [0.717, 1.165) is 16.7 Å². The number of thioether (sulfide) groups is 1. The fourth-order valence-electron chi connectivity index (χ4n) is 2.05. The van der Waals surface area contributed by atoms with E-state index in [9.17, 15) is 19.8 Å². The highest BCUT2D eigenvalue weighted by molar-refractivity contribution is 8.19. The molecule has 110 valence electrons. The second-order valence-electron chi connectivity index (χ2n) is 4.60. The molecular formula is C16H11NO4S. The summed E-state index contributed by atoms with van der Waals surface area (Å²) in [6.45, 7) is 0. The molecule has 0 aromatic heterocycles. The lowest BCUT2D eigenvalue weighted by Gasteiger charge is -2.11. The van der Waals surface area contributed by atoms with Crippen LogP contribution in [0.1, 0.15) is 5.56 Å². The number of phenols is 2. The Balaban J connectivity index is 1.93. The molecule has 2 N–H and O–H groups in total. The minimum atomic E-state index is -0.409. The van der Waals surface area contributed by atoms with Gasteiger partial charge in [-0.25, -0.2) is 4.90 Å². The third-order valence-corrected chi connectivity index (χ3v) is 3.97. The molecule has 0 spiro atoms. The van der Waals surface area contributed by atoms with Crippen LogP contribution in [0.2, 0.25) is 0 Å². The highest BCUT2D eigenvalue weighted by Gasteiger charge is 2.36. The molecule has 3 rings (SSSR count). The Morgan fingerprint density at radius 2 is 1.68 bits per heavy atom. The second kappa shape index (κ2) is 5.57. The monoisotopic (exact) mass is 313 g/mol. The maximum Gasteiger partial charge on any atom is 0.298 e. The van der Waals surface area contributed by atoms with Gasteiger partial charge in [0.2, 0.25) is 0 Å². The Bertz CT molecular complexity index is 786. The fourth-order valence-corrected chi connectivity index (χ4v) is 2.89. The summed E-state index contributed by atoms with van der Waals surface area (Å²) in [7, 11) is 0. The molecule has 0 aliphatic carbocycles. The van der Waals surface area contributed by atoms with E-state index in [-0.39, 0.29) is 21.6 Å². The first-order chi connectivity index (χ1) is 10.6. The molecule has 0 unspecified atom stereocenters. The summed E-state index contributed by atoms with van der Waals surface area (Å²) >= 11 is 0.836. The maximum atomic E-state index is 12.4. The number of imide groups is 1. The molecule has 1 aliphatic rings. The number of para-hydroxylation sites is 1. The van der Waals surface area contributed by atoms with Crippen LogP contribution >= 0.6 is 11.8 Å². The summed E-state index contributed by atoms with van der Waals surface area (Å²) < 4.78 is 0. The van der Waals surface area contributed by atoms with E-state index >= 15 is 0 Å². The van der Waals surface area contributed by atoms with E-state index < -0.39 is 5.91 Å². The molecule has 22 heavy (non-hydrogen) atoms. The van der Waals surface area contributed by atoms with Crippen LogP contribution in [0.4, 0.5) is 10.5 Å². The van der Waals surface area contributed by atoms with Gasteiger partial charge >= 0.3 is 0 Å². The molecule has 5 nitrogen and oxygen atoms in total. The molecule has 6 heteroatoms. The third kappa shape index (κ3) is 2.56. The highest BCUT2D eigenvalue weighted by atomic mass is 32.2. The first kappa shape index (κ1) is 14.2. The number of carbonyl (C=O) groups excluding carboxylic acids is 2. The third-order valence-electron chi connectivity index (χ3n) is 3.11. The van der Waals surface area contributed by atoms with Crippen LogP contribution in [-0.4, -0.2) is 21.4 Å². The predicted octanol–water partition coefficient (Wildman–Crippen LogP) is 3.34. The van der Waals surface area contributed by atoms with Gasteiger partial charge in [0.05, 0.1) is 10.6 Å². The molecule has 1 heterocycles. The van der Waals surface area contributed by atoms with Gasteiger partial charge in [0.15, 0.2) is 11.5 Å². The average Bonchev–Trinajstić information content (AvgIpc) is 2.78. The van der Waals surface area contributed by atoms with E-state index in [2.05, 4.69) is 0 Å². The number of benzene rings is 2. The van der Waals surface area contributed by atoms with Crippen molar-refractivity contribution in [3.8, 4) is 11.5 Å². The van der Waals surface area contributed by atoms with Crippen LogP contribution in [0.5, 0.6) is 11.5 Å². The zero-order chi connectivity index (χ0) is 15.7. The minimum absolute atomic E-state index is 0.241. The van der Waals surface area contributed by atoms with Crippen LogP contribution < -0.4 is 4.90 Å². The molecule has 1 fully saturated rings. The van der Waals surface area contributed by atoms with Gasteiger partial charge in [0.1, 0.15) is 0 Å². The van der Waals surface area contributed by atoms with Gasteiger partial charge < -0.3 is 10.2 Å². The van der Waals surface area contributed by atoms with Crippen LogP contribution in [0.3, 0.4) is 0 Å². The number of nitrogens with zero attached hydrogens (tertiary/aromatic N) is 1. The van der Waals surface area contributed by atoms with Crippen molar-refractivity contribution < 1.29 is 19.8 Å². The zero-order valence-corrected chi connectivity index (χ0v) is 12.1. The summed E-state index contributed by atoms with van der Waals surface area (Å²) in [5, 5.41) is 18.4. The molecule has 0 bridgehead atoms. The number of rotatable bonds is 2. The first-order valence-corrected chi connectivity index (χ1v) is 7.23. The molecule has 0 saturated carbocycles. The van der Waals surface area contributed by atoms with Gasteiger partial charge in [0.25, 0.3) is 11.1 Å². The van der Waals surface area contributed by atoms with E-state index in [1.807, 2.05) is 0 Å². The highest BCUT2D eigenvalue weighted by Crippen LogP contribution is 2.36. The molecule has 2 amide bonds. The van der Waals surface area contributed by atoms with Crippen LogP contribution in [0.25, 0.3) is 6.08 Å². The van der Waals surface area contributed by atoms with Gasteiger partial charge in [-0.1, -0.05) is 24.3 Å². The summed E-state index contributed by atoms with van der Waals surface area (Å²) in [4.78, 5) is 25.8. The minimum Gasteiger partial charge on any atom is -0.504 e. The van der Waals surface area contributed by atoms with E-state index in [0.29, 0.717) is 11.3 Å². The molecule has 1 saturated heterocycles. The van der Waals surface area contributed by atoms with Crippen molar-refractivity contribution in [3.05, 3.63) is 59.0 Å². The standard InChI is InChI=1S/C16H11NO4S/c18-12-7-6-10(8-13(12)19)9-14-15(20)17(16(21)22-14)11-4-2-1-3-5-11/h1-9,18-19H. The van der Waals surface area contributed by atoms with Crippen molar-refractivity contribution >= 4 is 34.7 Å². The number of carbonyl (C=O) groups is 2. The Labute approximate surface area is 130 Å². The molecule has 2 aromatic rings. The average molecular weight is 313 g/mol. The summed E-state index contributed by atoms with van der Waals surface area (Å²) in [5.41, 5.74) is 1.04. The summed E-state index contributed by atoms with van der Waals surface area (Å²) in [5.74, 6) is -0.931. The number of amides is 2. The molecule has 0 atom stereocenters. The van der Waals surface area contributed by atoms with Gasteiger partial charge in [-0.15, -0.1) is 0 Å². The van der Waals surface area contributed by atoms with Crippen molar-refractivity contribution in [2.75, 3.05) is 4.90 Å². The largest absolute Gasteiger partial charge is 0.504 e. The quantitative estimate of drug-likeness (QED) is 0.657. The van der Waals surface area contributed by atoms with E-state index in [4.69, 9.17) is 0 Å². The fraction of sp³-hybridized carbons (Fsp3) is 0. The lowest BCUT2D eigenvalue weighted by Crippen LogP contribution is -2.27. The van der Waals surface area contributed by atoms with Crippen LogP contribution in [-0.2, 0) is 4.79 Å². The second-order valence-corrected chi connectivity index (χ2v) is 5.59. The van der Waals surface area contributed by atoms with Crippen molar-refractivity contribution in [2.45, 2.75) is 0 Å². The van der Waals surface area contributed by atoms with Gasteiger partial charge in [0, 0.05) is 0 Å². The molecule has 0 radical (unpaired) electrons. The normalized spacial score (nSPS) is 16.5. The predicted molar refractivity (Wildman–Crippen MR) is 84.7 cm³/mol. The van der Waals surface area contributed by atoms with Gasteiger partial charge in [-0.3, -0.25) is 9.59 Å². The summed E-state index contributed by atoms with van der Waals surface area (Å²) in [6.07, 6.45) is 1.51. The number of hydrogen-bond acceptors (Lipinski definition) is 5. The van der Waals surface area contributed by atoms with Crippen molar-refractivity contribution in [1.82, 2.24) is 0 Å². The SMILES string of the molecule is O=C1SC(=Cc2ccc(O)c(O)c2)C(=O)N1c1ccccc1. The van der Waals surface area contributed by atoms with Crippen molar-refractivity contribution in [3.63, 3.8) is 0 Å². The van der Waals surface area contributed by atoms with E-state index in [1.165, 1.54) is 18.2 Å². The van der Waals surface area contributed by atoms with Gasteiger partial charge in [-0.05, 0) is 47.7 Å². The lowest BCUT2D eigenvalue weighted by molar-refractivity contribution is -0.113.